The second kappa shape index (κ2) is 7.60. The lowest BCUT2D eigenvalue weighted by Crippen LogP contribution is -2.34. The van der Waals surface area contributed by atoms with Gasteiger partial charge in [-0.2, -0.15) is 5.10 Å². The lowest BCUT2D eigenvalue weighted by molar-refractivity contribution is -0.124. The van der Waals surface area contributed by atoms with Gasteiger partial charge in [-0.05, 0) is 44.9 Å². The van der Waals surface area contributed by atoms with Crippen molar-refractivity contribution in [3.05, 3.63) is 29.1 Å². The monoisotopic (exact) mass is 344 g/mol. The zero-order valence-electron chi connectivity index (χ0n) is 14.9. The number of rotatable bonds is 6. The predicted molar refractivity (Wildman–Crippen MR) is 93.8 cm³/mol. The molecule has 1 amide bonds. The van der Waals surface area contributed by atoms with Crippen molar-refractivity contribution in [2.75, 3.05) is 31.6 Å². The van der Waals surface area contributed by atoms with Crippen molar-refractivity contribution in [3.63, 3.8) is 0 Å². The first-order valence-electron chi connectivity index (χ1n) is 8.52. The molecule has 8 nitrogen and oxygen atoms in total. The summed E-state index contributed by atoms with van der Waals surface area (Å²) >= 11 is 0. The van der Waals surface area contributed by atoms with E-state index in [1.807, 2.05) is 32.9 Å². The standard InChI is InChI=1S/C17H24N6O2/c1-11-12(2)22-23(13(11)3)16-5-4-15(20-21-16)18-7-8-19-17(24)14-6-9-25-10-14/h4-5,14H,6-10H2,1-3H3,(H,18,20)(H,19,24). The number of nitrogens with zero attached hydrogens (tertiary/aromatic N) is 4. The van der Waals surface area contributed by atoms with E-state index in [1.165, 1.54) is 0 Å². The van der Waals surface area contributed by atoms with E-state index in [4.69, 9.17) is 4.74 Å². The molecule has 25 heavy (non-hydrogen) atoms. The van der Waals surface area contributed by atoms with Crippen molar-refractivity contribution >= 4 is 11.7 Å². The average molecular weight is 344 g/mol. The molecule has 3 heterocycles. The van der Waals surface area contributed by atoms with Crippen molar-refractivity contribution in [1.82, 2.24) is 25.3 Å². The fourth-order valence-electron chi connectivity index (χ4n) is 2.74. The number of amides is 1. The highest BCUT2D eigenvalue weighted by Gasteiger charge is 2.22. The van der Waals surface area contributed by atoms with Gasteiger partial charge in [-0.1, -0.05) is 0 Å². The normalized spacial score (nSPS) is 16.8. The Bertz CT molecular complexity index is 734. The molecule has 1 aliphatic rings. The summed E-state index contributed by atoms with van der Waals surface area (Å²) in [5.41, 5.74) is 3.21. The highest BCUT2D eigenvalue weighted by atomic mass is 16.5. The van der Waals surface area contributed by atoms with Crippen LogP contribution < -0.4 is 10.6 Å². The number of carbonyl (C=O) groups is 1. The van der Waals surface area contributed by atoms with Crippen molar-refractivity contribution < 1.29 is 9.53 Å². The summed E-state index contributed by atoms with van der Waals surface area (Å²) in [6.45, 7) is 8.37. The van der Waals surface area contributed by atoms with Crippen molar-refractivity contribution in [2.45, 2.75) is 27.2 Å². The Morgan fingerprint density at radius 3 is 2.72 bits per heavy atom. The van der Waals surface area contributed by atoms with Gasteiger partial charge in [0.2, 0.25) is 5.91 Å². The smallest absolute Gasteiger partial charge is 0.225 e. The number of ether oxygens (including phenoxy) is 1. The number of carbonyl (C=O) groups excluding carboxylic acids is 1. The SMILES string of the molecule is Cc1nn(-c2ccc(NCCNC(=O)C3CCOC3)nn2)c(C)c1C. The zero-order chi connectivity index (χ0) is 17.8. The van der Waals surface area contributed by atoms with E-state index in [9.17, 15) is 4.79 Å². The minimum absolute atomic E-state index is 0.0108. The van der Waals surface area contributed by atoms with Crippen LogP contribution >= 0.6 is 0 Å². The van der Waals surface area contributed by atoms with E-state index in [0.717, 1.165) is 23.4 Å². The van der Waals surface area contributed by atoms with Crippen molar-refractivity contribution in [1.29, 1.82) is 0 Å². The van der Waals surface area contributed by atoms with Crippen LogP contribution in [0.15, 0.2) is 12.1 Å². The fraction of sp³-hybridized carbons (Fsp3) is 0.529. The van der Waals surface area contributed by atoms with Crippen LogP contribution in [0, 0.1) is 26.7 Å². The topological polar surface area (TPSA) is 94.0 Å². The zero-order valence-corrected chi connectivity index (χ0v) is 14.9. The van der Waals surface area contributed by atoms with Crippen LogP contribution in [-0.2, 0) is 9.53 Å². The van der Waals surface area contributed by atoms with E-state index in [0.29, 0.717) is 37.9 Å². The molecule has 3 rings (SSSR count). The average Bonchev–Trinajstić information content (AvgIpc) is 3.24. The number of hydrogen-bond acceptors (Lipinski definition) is 6. The van der Waals surface area contributed by atoms with Gasteiger partial charge in [0, 0.05) is 25.4 Å². The molecule has 0 spiro atoms. The summed E-state index contributed by atoms with van der Waals surface area (Å²) in [5, 5.41) is 18.9. The van der Waals surface area contributed by atoms with Crippen molar-refractivity contribution in [3.8, 4) is 5.82 Å². The number of nitrogens with one attached hydrogen (secondary N) is 2. The molecule has 1 unspecified atom stereocenters. The molecule has 2 N–H and O–H groups in total. The lowest BCUT2D eigenvalue weighted by atomic mass is 10.1. The maximum Gasteiger partial charge on any atom is 0.225 e. The van der Waals surface area contributed by atoms with Gasteiger partial charge >= 0.3 is 0 Å². The van der Waals surface area contributed by atoms with Crippen LogP contribution in [0.1, 0.15) is 23.4 Å². The molecule has 8 heteroatoms. The second-order valence-electron chi connectivity index (χ2n) is 6.26. The van der Waals surface area contributed by atoms with E-state index in [2.05, 4.69) is 25.9 Å². The summed E-state index contributed by atoms with van der Waals surface area (Å²) < 4.78 is 7.01. The maximum absolute atomic E-state index is 11.9. The Morgan fingerprint density at radius 2 is 2.12 bits per heavy atom. The molecule has 0 aromatic carbocycles. The molecular formula is C17H24N6O2. The summed E-state index contributed by atoms with van der Waals surface area (Å²) in [6.07, 6.45) is 0.804. The van der Waals surface area contributed by atoms with Gasteiger partial charge < -0.3 is 15.4 Å². The van der Waals surface area contributed by atoms with Gasteiger partial charge in [-0.15, -0.1) is 10.2 Å². The quantitative estimate of drug-likeness (QED) is 0.764. The summed E-state index contributed by atoms with van der Waals surface area (Å²) in [5.74, 6) is 1.40. The second-order valence-corrected chi connectivity index (χ2v) is 6.26. The van der Waals surface area contributed by atoms with Gasteiger partial charge in [-0.25, -0.2) is 4.68 Å². The fourth-order valence-corrected chi connectivity index (χ4v) is 2.74. The van der Waals surface area contributed by atoms with Crippen molar-refractivity contribution in [2.24, 2.45) is 5.92 Å². The van der Waals surface area contributed by atoms with Crippen LogP contribution in [-0.4, -0.2) is 52.2 Å². The summed E-state index contributed by atoms with van der Waals surface area (Å²) in [7, 11) is 0. The van der Waals surface area contributed by atoms with Crippen LogP contribution in [0.2, 0.25) is 0 Å². The number of anilines is 1. The number of aryl methyl sites for hydroxylation is 1. The molecule has 0 aliphatic carbocycles. The Labute approximate surface area is 147 Å². The first-order chi connectivity index (χ1) is 12.1. The molecular weight excluding hydrogens is 320 g/mol. The van der Waals surface area contributed by atoms with Gasteiger partial charge in [0.05, 0.1) is 18.2 Å². The third-order valence-corrected chi connectivity index (χ3v) is 4.55. The highest BCUT2D eigenvalue weighted by molar-refractivity contribution is 5.79. The van der Waals surface area contributed by atoms with Gasteiger partial charge in [0.25, 0.3) is 0 Å². The summed E-state index contributed by atoms with van der Waals surface area (Å²) in [6, 6.07) is 3.74. The van der Waals surface area contributed by atoms with Gasteiger partial charge in [0.15, 0.2) is 5.82 Å². The molecule has 1 saturated heterocycles. The third kappa shape index (κ3) is 3.96. The van der Waals surface area contributed by atoms with E-state index >= 15 is 0 Å². The molecule has 1 aliphatic heterocycles. The molecule has 0 bridgehead atoms. The number of hydrogen-bond donors (Lipinski definition) is 2. The largest absolute Gasteiger partial charge is 0.381 e. The van der Waals surface area contributed by atoms with E-state index in [1.54, 1.807) is 4.68 Å². The molecule has 0 saturated carbocycles. The van der Waals surface area contributed by atoms with Crippen LogP contribution in [0.5, 0.6) is 0 Å². The molecule has 2 aromatic rings. The highest BCUT2D eigenvalue weighted by Crippen LogP contribution is 2.15. The van der Waals surface area contributed by atoms with Gasteiger partial charge in [-0.3, -0.25) is 4.79 Å². The molecule has 0 radical (unpaired) electrons. The van der Waals surface area contributed by atoms with Crippen LogP contribution in [0.25, 0.3) is 5.82 Å². The number of aromatic nitrogens is 4. The molecule has 134 valence electrons. The molecule has 2 aromatic heterocycles. The molecule has 1 fully saturated rings. The Balaban J connectivity index is 1.49. The van der Waals surface area contributed by atoms with E-state index in [-0.39, 0.29) is 11.8 Å². The molecule has 1 atom stereocenters. The van der Waals surface area contributed by atoms with Crippen LogP contribution in [0.3, 0.4) is 0 Å². The minimum Gasteiger partial charge on any atom is -0.381 e. The first kappa shape index (κ1) is 17.3. The van der Waals surface area contributed by atoms with Gasteiger partial charge in [0.1, 0.15) is 5.82 Å². The first-order valence-corrected chi connectivity index (χ1v) is 8.52. The predicted octanol–water partition coefficient (Wildman–Crippen LogP) is 1.15. The van der Waals surface area contributed by atoms with Crippen LogP contribution in [0.4, 0.5) is 5.82 Å². The Morgan fingerprint density at radius 1 is 1.28 bits per heavy atom. The summed E-state index contributed by atoms with van der Waals surface area (Å²) in [4.78, 5) is 11.9. The lowest BCUT2D eigenvalue weighted by Gasteiger charge is -2.10. The third-order valence-electron chi connectivity index (χ3n) is 4.55. The Hall–Kier alpha value is -2.48. The Kier molecular flexibility index (Phi) is 5.28. The van der Waals surface area contributed by atoms with E-state index < -0.39 is 0 Å². The maximum atomic E-state index is 11.9. The minimum atomic E-state index is -0.0108.